The third-order valence-electron chi connectivity index (χ3n) is 2.59. The van der Waals surface area contributed by atoms with Gasteiger partial charge >= 0.3 is 0 Å². The van der Waals surface area contributed by atoms with Gasteiger partial charge in [0, 0.05) is 32.2 Å². The van der Waals surface area contributed by atoms with Crippen molar-refractivity contribution in [2.45, 2.75) is 4.90 Å². The number of hydrogen-bond acceptors (Lipinski definition) is 3. The Balaban J connectivity index is 2.37. The fourth-order valence-electron chi connectivity index (χ4n) is 1.71. The number of piperazine rings is 1. The van der Waals surface area contributed by atoms with Gasteiger partial charge in [-0.05, 0) is 12.1 Å². The zero-order chi connectivity index (χ0) is 12.5. The van der Waals surface area contributed by atoms with E-state index in [1.807, 2.05) is 0 Å². The molecule has 0 radical (unpaired) electrons. The van der Waals surface area contributed by atoms with Crippen molar-refractivity contribution in [3.05, 3.63) is 29.8 Å². The van der Waals surface area contributed by atoms with E-state index < -0.39 is 26.6 Å². The van der Waals surface area contributed by atoms with Gasteiger partial charge in [-0.3, -0.25) is 0 Å². The van der Waals surface area contributed by atoms with Crippen LogP contribution in [0.5, 0.6) is 0 Å². The van der Waals surface area contributed by atoms with Crippen molar-refractivity contribution < 1.29 is 17.2 Å². The summed E-state index contributed by atoms with van der Waals surface area (Å²) in [6, 6.07) is 2.48. The molecule has 1 aliphatic rings. The number of hydrogen-bond donors (Lipinski definition) is 1. The SMILES string of the molecule is O=S(=O)(c1ccc(F)cc1F)N1CCNCC1. The highest BCUT2D eigenvalue weighted by molar-refractivity contribution is 7.89. The van der Waals surface area contributed by atoms with E-state index in [2.05, 4.69) is 5.32 Å². The molecule has 7 heteroatoms. The average molecular weight is 262 g/mol. The highest BCUT2D eigenvalue weighted by atomic mass is 32.2. The summed E-state index contributed by atoms with van der Waals surface area (Å²) in [6.07, 6.45) is 0. The van der Waals surface area contributed by atoms with Crippen molar-refractivity contribution in [3.8, 4) is 0 Å². The molecule has 0 amide bonds. The third-order valence-corrected chi connectivity index (χ3v) is 4.52. The maximum Gasteiger partial charge on any atom is 0.246 e. The maximum atomic E-state index is 13.4. The molecular weight excluding hydrogens is 250 g/mol. The summed E-state index contributed by atoms with van der Waals surface area (Å²) in [5, 5.41) is 3.00. The molecule has 0 unspecified atom stereocenters. The lowest BCUT2D eigenvalue weighted by Crippen LogP contribution is -2.46. The van der Waals surface area contributed by atoms with Gasteiger partial charge in [0.2, 0.25) is 10.0 Å². The number of nitrogens with zero attached hydrogens (tertiary/aromatic N) is 1. The Morgan fingerprint density at radius 3 is 2.41 bits per heavy atom. The Kier molecular flexibility index (Phi) is 3.41. The minimum atomic E-state index is -3.86. The van der Waals surface area contributed by atoms with E-state index in [9.17, 15) is 17.2 Å². The van der Waals surface area contributed by atoms with Gasteiger partial charge in [-0.2, -0.15) is 4.31 Å². The molecule has 1 aromatic carbocycles. The van der Waals surface area contributed by atoms with Crippen LogP contribution in [0.4, 0.5) is 8.78 Å². The molecule has 17 heavy (non-hydrogen) atoms. The highest BCUT2D eigenvalue weighted by Gasteiger charge is 2.28. The van der Waals surface area contributed by atoms with Crippen LogP contribution < -0.4 is 5.32 Å². The lowest BCUT2D eigenvalue weighted by molar-refractivity contribution is 0.358. The normalized spacial score (nSPS) is 18.2. The van der Waals surface area contributed by atoms with E-state index >= 15 is 0 Å². The lowest BCUT2D eigenvalue weighted by atomic mass is 10.3. The van der Waals surface area contributed by atoms with Gasteiger partial charge in [0.15, 0.2) is 0 Å². The molecule has 1 heterocycles. The number of sulfonamides is 1. The van der Waals surface area contributed by atoms with Crippen molar-refractivity contribution in [1.29, 1.82) is 0 Å². The van der Waals surface area contributed by atoms with Crippen LogP contribution in [-0.4, -0.2) is 38.9 Å². The zero-order valence-electron chi connectivity index (χ0n) is 8.99. The first-order chi connectivity index (χ1) is 8.01. The summed E-state index contributed by atoms with van der Waals surface area (Å²) < 4.78 is 51.5. The van der Waals surface area contributed by atoms with Crippen LogP contribution >= 0.6 is 0 Å². The van der Waals surface area contributed by atoms with E-state index in [0.29, 0.717) is 32.2 Å². The fourth-order valence-corrected chi connectivity index (χ4v) is 3.19. The van der Waals surface area contributed by atoms with E-state index in [-0.39, 0.29) is 0 Å². The monoisotopic (exact) mass is 262 g/mol. The van der Waals surface area contributed by atoms with Crippen LogP contribution in [0, 0.1) is 11.6 Å². The maximum absolute atomic E-state index is 13.4. The van der Waals surface area contributed by atoms with Crippen LogP contribution in [0.25, 0.3) is 0 Å². The van der Waals surface area contributed by atoms with Crippen LogP contribution in [0.3, 0.4) is 0 Å². The first-order valence-electron chi connectivity index (χ1n) is 5.18. The Hall–Kier alpha value is -1.05. The second-order valence-electron chi connectivity index (χ2n) is 3.73. The molecule has 1 N–H and O–H groups in total. The second-order valence-corrected chi connectivity index (χ2v) is 5.64. The topological polar surface area (TPSA) is 49.4 Å². The largest absolute Gasteiger partial charge is 0.314 e. The molecular formula is C10H12F2N2O2S. The van der Waals surface area contributed by atoms with Crippen molar-refractivity contribution in [2.24, 2.45) is 0 Å². The van der Waals surface area contributed by atoms with Gasteiger partial charge in [0.1, 0.15) is 16.5 Å². The molecule has 0 saturated carbocycles. The van der Waals surface area contributed by atoms with E-state index in [4.69, 9.17) is 0 Å². The first kappa shape index (κ1) is 12.4. The predicted octanol–water partition coefficient (Wildman–Crippen LogP) is 0.559. The highest BCUT2D eigenvalue weighted by Crippen LogP contribution is 2.20. The van der Waals surface area contributed by atoms with Gasteiger partial charge in [0.05, 0.1) is 0 Å². The van der Waals surface area contributed by atoms with E-state index in [1.165, 1.54) is 4.31 Å². The van der Waals surface area contributed by atoms with Crippen LogP contribution in [-0.2, 0) is 10.0 Å². The minimum absolute atomic E-state index is 0.291. The Bertz CT molecular complexity index is 513. The summed E-state index contributed by atoms with van der Waals surface area (Å²) in [7, 11) is -3.86. The molecule has 1 aliphatic heterocycles. The number of benzene rings is 1. The smallest absolute Gasteiger partial charge is 0.246 e. The second kappa shape index (κ2) is 4.67. The van der Waals surface area contributed by atoms with Gasteiger partial charge in [-0.15, -0.1) is 0 Å². The molecule has 94 valence electrons. The third kappa shape index (κ3) is 2.46. The molecule has 1 fully saturated rings. The minimum Gasteiger partial charge on any atom is -0.314 e. The van der Waals surface area contributed by atoms with Crippen molar-refractivity contribution in [2.75, 3.05) is 26.2 Å². The summed E-state index contributed by atoms with van der Waals surface area (Å²) in [6.45, 7) is 1.64. The van der Waals surface area contributed by atoms with Crippen LogP contribution in [0.2, 0.25) is 0 Å². The molecule has 0 bridgehead atoms. The Labute approximate surface area is 98.3 Å². The van der Waals surface area contributed by atoms with Gasteiger partial charge in [-0.1, -0.05) is 0 Å². The van der Waals surface area contributed by atoms with Crippen molar-refractivity contribution >= 4 is 10.0 Å². The lowest BCUT2D eigenvalue weighted by Gasteiger charge is -2.26. The molecule has 0 aromatic heterocycles. The molecule has 0 spiro atoms. The summed E-state index contributed by atoms with van der Waals surface area (Å²) in [5.74, 6) is -1.84. The zero-order valence-corrected chi connectivity index (χ0v) is 9.80. The molecule has 2 rings (SSSR count). The summed E-state index contributed by atoms with van der Waals surface area (Å²) in [4.78, 5) is -0.471. The standard InChI is InChI=1S/C10H12F2N2O2S/c11-8-1-2-10(9(12)7-8)17(15,16)14-5-3-13-4-6-14/h1-2,7,13H,3-6H2. The Morgan fingerprint density at radius 2 is 1.82 bits per heavy atom. The number of rotatable bonds is 2. The summed E-state index contributed by atoms with van der Waals surface area (Å²) >= 11 is 0. The number of nitrogens with one attached hydrogen (secondary N) is 1. The quantitative estimate of drug-likeness (QED) is 0.847. The van der Waals surface area contributed by atoms with Gasteiger partial charge in [0.25, 0.3) is 0 Å². The van der Waals surface area contributed by atoms with E-state index in [1.54, 1.807) is 0 Å². The summed E-state index contributed by atoms with van der Waals surface area (Å²) in [5.41, 5.74) is 0. The molecule has 0 atom stereocenters. The van der Waals surface area contributed by atoms with Gasteiger partial charge < -0.3 is 5.32 Å². The number of halogens is 2. The van der Waals surface area contributed by atoms with Gasteiger partial charge in [-0.25, -0.2) is 17.2 Å². The molecule has 4 nitrogen and oxygen atoms in total. The van der Waals surface area contributed by atoms with Crippen LogP contribution in [0.15, 0.2) is 23.1 Å². The first-order valence-corrected chi connectivity index (χ1v) is 6.62. The molecule has 1 saturated heterocycles. The van der Waals surface area contributed by atoms with Crippen molar-refractivity contribution in [3.63, 3.8) is 0 Å². The predicted molar refractivity (Wildman–Crippen MR) is 58.0 cm³/mol. The molecule has 1 aromatic rings. The van der Waals surface area contributed by atoms with Crippen LogP contribution in [0.1, 0.15) is 0 Å². The average Bonchev–Trinajstić information content (AvgIpc) is 2.29. The Morgan fingerprint density at radius 1 is 1.18 bits per heavy atom. The van der Waals surface area contributed by atoms with E-state index in [0.717, 1.165) is 12.1 Å². The van der Waals surface area contributed by atoms with Crippen molar-refractivity contribution in [1.82, 2.24) is 9.62 Å². The fraction of sp³-hybridized carbons (Fsp3) is 0.400. The molecule has 0 aliphatic carbocycles.